The van der Waals surface area contributed by atoms with Crippen molar-refractivity contribution in [3.8, 4) is 5.75 Å². The van der Waals surface area contributed by atoms with Crippen molar-refractivity contribution < 1.29 is 19.1 Å². The summed E-state index contributed by atoms with van der Waals surface area (Å²) in [6.45, 7) is 6.83. The largest absolute Gasteiger partial charge is 0.492 e. The second-order valence-electron chi connectivity index (χ2n) is 6.64. The van der Waals surface area contributed by atoms with Crippen LogP contribution in [0, 0.1) is 0 Å². The highest BCUT2D eigenvalue weighted by Gasteiger charge is 2.08. The van der Waals surface area contributed by atoms with Gasteiger partial charge in [0, 0.05) is 12.1 Å². The van der Waals surface area contributed by atoms with E-state index in [0.717, 1.165) is 10.2 Å². The van der Waals surface area contributed by atoms with Crippen LogP contribution in [0.4, 0.5) is 5.69 Å². The van der Waals surface area contributed by atoms with Crippen LogP contribution in [-0.2, 0) is 9.53 Å². The molecule has 0 atom stereocenters. The fourth-order valence-corrected chi connectivity index (χ4v) is 3.05. The number of esters is 1. The van der Waals surface area contributed by atoms with Gasteiger partial charge < -0.3 is 14.8 Å². The van der Waals surface area contributed by atoms with Crippen molar-refractivity contribution in [3.05, 3.63) is 58.1 Å². The van der Waals surface area contributed by atoms with Gasteiger partial charge in [-0.15, -0.1) is 0 Å². The molecule has 2 aromatic carbocycles. The van der Waals surface area contributed by atoms with E-state index in [0.29, 0.717) is 43.2 Å². The van der Waals surface area contributed by atoms with Crippen molar-refractivity contribution in [2.45, 2.75) is 39.5 Å². The second-order valence-corrected chi connectivity index (χ2v) is 7.50. The number of anilines is 1. The Balaban J connectivity index is 1.75. The van der Waals surface area contributed by atoms with E-state index in [4.69, 9.17) is 9.47 Å². The highest BCUT2D eigenvalue weighted by molar-refractivity contribution is 9.10. The molecule has 28 heavy (non-hydrogen) atoms. The van der Waals surface area contributed by atoms with Gasteiger partial charge >= 0.3 is 5.97 Å². The third-order valence-electron chi connectivity index (χ3n) is 4.11. The van der Waals surface area contributed by atoms with Crippen molar-refractivity contribution in [1.82, 2.24) is 0 Å². The average molecular weight is 448 g/mol. The molecule has 2 aromatic rings. The number of nitrogens with one attached hydrogen (secondary N) is 1. The van der Waals surface area contributed by atoms with E-state index in [2.05, 4.69) is 47.2 Å². The molecule has 0 spiro atoms. The zero-order valence-corrected chi connectivity index (χ0v) is 18.0. The Hall–Kier alpha value is -2.34. The molecule has 6 heteroatoms. The summed E-state index contributed by atoms with van der Waals surface area (Å²) in [5.74, 6) is 0.770. The Labute approximate surface area is 174 Å². The van der Waals surface area contributed by atoms with Crippen LogP contribution in [0.5, 0.6) is 5.75 Å². The van der Waals surface area contributed by atoms with Gasteiger partial charge in [-0.25, -0.2) is 4.79 Å². The number of hydrogen-bond donors (Lipinski definition) is 1. The lowest BCUT2D eigenvalue weighted by molar-refractivity contribution is -0.116. The summed E-state index contributed by atoms with van der Waals surface area (Å²) in [5.41, 5.74) is 2.35. The minimum absolute atomic E-state index is 0.0956. The lowest BCUT2D eigenvalue weighted by Gasteiger charge is -2.11. The maximum atomic E-state index is 12.1. The van der Waals surface area contributed by atoms with E-state index in [1.807, 2.05) is 6.07 Å². The normalized spacial score (nSPS) is 10.6. The number of hydrogen-bond acceptors (Lipinski definition) is 4. The molecule has 0 unspecified atom stereocenters. The van der Waals surface area contributed by atoms with Gasteiger partial charge in [-0.2, -0.15) is 0 Å². The summed E-state index contributed by atoms with van der Waals surface area (Å²) in [6, 6.07) is 12.7. The molecule has 0 fully saturated rings. The van der Waals surface area contributed by atoms with Gasteiger partial charge in [-0.1, -0.05) is 19.9 Å². The minimum atomic E-state index is -0.370. The number of rotatable bonds is 9. The molecule has 0 aliphatic rings. The topological polar surface area (TPSA) is 64.6 Å². The molecule has 0 heterocycles. The van der Waals surface area contributed by atoms with Crippen LogP contribution in [0.3, 0.4) is 0 Å². The number of carbonyl (C=O) groups is 2. The summed E-state index contributed by atoms with van der Waals surface area (Å²) in [7, 11) is 0. The fourth-order valence-electron chi connectivity index (χ4n) is 2.54. The van der Waals surface area contributed by atoms with E-state index < -0.39 is 0 Å². The Morgan fingerprint density at radius 3 is 2.43 bits per heavy atom. The molecular weight excluding hydrogens is 422 g/mol. The summed E-state index contributed by atoms with van der Waals surface area (Å²) in [5, 5.41) is 2.81. The summed E-state index contributed by atoms with van der Waals surface area (Å²) in [6.07, 6.45) is 0.951. The molecule has 0 radical (unpaired) electrons. The first kappa shape index (κ1) is 22.0. The zero-order valence-electron chi connectivity index (χ0n) is 16.5. The standard InChI is InChI=1S/C22H26BrNO4/c1-4-27-22(26)16-7-10-18(11-8-16)24-21(25)6-5-13-28-20-12-9-17(15(2)3)14-19(20)23/h7-12,14-15H,4-6,13H2,1-3H3,(H,24,25). The third-order valence-corrected chi connectivity index (χ3v) is 4.73. The van der Waals surface area contributed by atoms with E-state index >= 15 is 0 Å². The Morgan fingerprint density at radius 1 is 1.11 bits per heavy atom. The predicted molar refractivity (Wildman–Crippen MR) is 114 cm³/mol. The zero-order chi connectivity index (χ0) is 20.5. The number of halogens is 1. The molecule has 0 aliphatic heterocycles. The van der Waals surface area contributed by atoms with Crippen LogP contribution in [0.25, 0.3) is 0 Å². The molecule has 5 nitrogen and oxygen atoms in total. The van der Waals surface area contributed by atoms with Gasteiger partial charge in [0.05, 0.1) is 23.2 Å². The van der Waals surface area contributed by atoms with Crippen LogP contribution in [0.2, 0.25) is 0 Å². The van der Waals surface area contributed by atoms with Crippen LogP contribution in [-0.4, -0.2) is 25.1 Å². The SMILES string of the molecule is CCOC(=O)c1ccc(NC(=O)CCCOc2ccc(C(C)C)cc2Br)cc1. The first-order valence-corrected chi connectivity index (χ1v) is 10.2. The van der Waals surface area contributed by atoms with Crippen molar-refractivity contribution in [2.24, 2.45) is 0 Å². The minimum Gasteiger partial charge on any atom is -0.492 e. The number of carbonyl (C=O) groups excluding carboxylic acids is 2. The molecule has 1 N–H and O–H groups in total. The van der Waals surface area contributed by atoms with Crippen molar-refractivity contribution in [2.75, 3.05) is 18.5 Å². The molecule has 0 aromatic heterocycles. The Morgan fingerprint density at radius 2 is 1.82 bits per heavy atom. The molecule has 0 aliphatic carbocycles. The number of ether oxygens (including phenoxy) is 2. The molecule has 1 amide bonds. The van der Waals surface area contributed by atoms with Crippen LogP contribution in [0.1, 0.15) is 55.5 Å². The summed E-state index contributed by atoms with van der Waals surface area (Å²) >= 11 is 3.53. The first-order chi connectivity index (χ1) is 13.4. The van der Waals surface area contributed by atoms with Gasteiger partial charge in [0.15, 0.2) is 0 Å². The quantitative estimate of drug-likeness (QED) is 0.404. The van der Waals surface area contributed by atoms with Gasteiger partial charge in [-0.05, 0) is 77.2 Å². The third kappa shape index (κ3) is 6.68. The number of amides is 1. The van der Waals surface area contributed by atoms with E-state index in [9.17, 15) is 9.59 Å². The van der Waals surface area contributed by atoms with Crippen LogP contribution < -0.4 is 10.1 Å². The fraction of sp³-hybridized carbons (Fsp3) is 0.364. The van der Waals surface area contributed by atoms with Gasteiger partial charge in [0.1, 0.15) is 5.75 Å². The summed E-state index contributed by atoms with van der Waals surface area (Å²) in [4.78, 5) is 23.7. The van der Waals surface area contributed by atoms with Gasteiger partial charge in [-0.3, -0.25) is 4.79 Å². The molecule has 150 valence electrons. The monoisotopic (exact) mass is 447 g/mol. The number of benzene rings is 2. The van der Waals surface area contributed by atoms with Crippen molar-refractivity contribution in [3.63, 3.8) is 0 Å². The molecule has 2 rings (SSSR count). The smallest absolute Gasteiger partial charge is 0.338 e. The average Bonchev–Trinajstić information content (AvgIpc) is 2.66. The van der Waals surface area contributed by atoms with Gasteiger partial charge in [0.25, 0.3) is 0 Å². The van der Waals surface area contributed by atoms with Crippen molar-refractivity contribution >= 4 is 33.5 Å². The maximum absolute atomic E-state index is 12.1. The van der Waals surface area contributed by atoms with Gasteiger partial charge in [0.2, 0.25) is 5.91 Å². The lowest BCUT2D eigenvalue weighted by atomic mass is 10.0. The predicted octanol–water partition coefficient (Wildman–Crippen LogP) is 5.55. The molecular formula is C22H26BrNO4. The first-order valence-electron chi connectivity index (χ1n) is 9.40. The molecule has 0 bridgehead atoms. The van der Waals surface area contributed by atoms with Crippen LogP contribution >= 0.6 is 15.9 Å². The highest BCUT2D eigenvalue weighted by atomic mass is 79.9. The maximum Gasteiger partial charge on any atom is 0.338 e. The van der Waals surface area contributed by atoms with E-state index in [-0.39, 0.29) is 11.9 Å². The van der Waals surface area contributed by atoms with Crippen molar-refractivity contribution in [1.29, 1.82) is 0 Å². The van der Waals surface area contributed by atoms with E-state index in [1.165, 1.54) is 5.56 Å². The molecule has 0 saturated carbocycles. The van der Waals surface area contributed by atoms with E-state index in [1.54, 1.807) is 31.2 Å². The Kier molecular flexibility index (Phi) is 8.51. The second kappa shape index (κ2) is 10.9. The lowest BCUT2D eigenvalue weighted by Crippen LogP contribution is -2.13. The molecule has 0 saturated heterocycles. The van der Waals surface area contributed by atoms with Crippen LogP contribution in [0.15, 0.2) is 46.9 Å². The Bertz CT molecular complexity index is 803. The summed E-state index contributed by atoms with van der Waals surface area (Å²) < 4.78 is 11.6. The highest BCUT2D eigenvalue weighted by Crippen LogP contribution is 2.29.